The zero-order valence-corrected chi connectivity index (χ0v) is 17.0. The lowest BCUT2D eigenvalue weighted by Gasteiger charge is -2.11. The number of pyridine rings is 1. The van der Waals surface area contributed by atoms with Crippen molar-refractivity contribution in [3.8, 4) is 17.4 Å². The van der Waals surface area contributed by atoms with Gasteiger partial charge in [-0.05, 0) is 31.5 Å². The van der Waals surface area contributed by atoms with Crippen molar-refractivity contribution in [1.29, 1.82) is 0 Å². The first-order valence-electron chi connectivity index (χ1n) is 9.21. The van der Waals surface area contributed by atoms with Gasteiger partial charge in [-0.3, -0.25) is 4.99 Å². The molecule has 0 spiro atoms. The summed E-state index contributed by atoms with van der Waals surface area (Å²) in [4.78, 5) is 12.9. The van der Waals surface area contributed by atoms with Crippen molar-refractivity contribution < 1.29 is 13.9 Å². The first-order chi connectivity index (χ1) is 14.1. The summed E-state index contributed by atoms with van der Waals surface area (Å²) in [7, 11) is 3.33. The van der Waals surface area contributed by atoms with Gasteiger partial charge in [0.15, 0.2) is 5.96 Å². The first kappa shape index (κ1) is 20.2. The van der Waals surface area contributed by atoms with Gasteiger partial charge in [-0.1, -0.05) is 12.1 Å². The van der Waals surface area contributed by atoms with E-state index in [1.54, 1.807) is 20.4 Å². The highest BCUT2D eigenvalue weighted by Crippen LogP contribution is 2.23. The molecule has 0 atom stereocenters. The van der Waals surface area contributed by atoms with Gasteiger partial charge in [-0.2, -0.15) is 0 Å². The van der Waals surface area contributed by atoms with Crippen molar-refractivity contribution in [2.24, 2.45) is 4.99 Å². The van der Waals surface area contributed by atoms with Crippen LogP contribution < -0.4 is 20.1 Å². The van der Waals surface area contributed by atoms with Gasteiger partial charge in [0.2, 0.25) is 11.8 Å². The highest BCUT2D eigenvalue weighted by Gasteiger charge is 2.07. The lowest BCUT2D eigenvalue weighted by molar-refractivity contribution is 0.407. The van der Waals surface area contributed by atoms with Crippen molar-refractivity contribution in [1.82, 2.24) is 20.6 Å². The fraction of sp³-hybridized carbons (Fsp3) is 0.286. The molecule has 2 N–H and O–H groups in total. The SMILES string of the molecule is CN=C(NCc1ccc(Oc2cccc(OC)c2)nc1)NCc1nc(C)c(C)o1. The van der Waals surface area contributed by atoms with Gasteiger partial charge in [-0.25, -0.2) is 9.97 Å². The molecule has 29 heavy (non-hydrogen) atoms. The summed E-state index contributed by atoms with van der Waals surface area (Å²) in [5, 5.41) is 6.41. The Balaban J connectivity index is 1.50. The van der Waals surface area contributed by atoms with Crippen LogP contribution in [0.1, 0.15) is 22.9 Å². The molecule has 0 saturated carbocycles. The Morgan fingerprint density at radius 1 is 1.10 bits per heavy atom. The van der Waals surface area contributed by atoms with Crippen molar-refractivity contribution in [3.05, 3.63) is 65.5 Å². The van der Waals surface area contributed by atoms with E-state index in [0.717, 1.165) is 22.8 Å². The van der Waals surface area contributed by atoms with Crippen molar-refractivity contribution in [3.63, 3.8) is 0 Å². The largest absolute Gasteiger partial charge is 0.497 e. The van der Waals surface area contributed by atoms with E-state index in [2.05, 4.69) is 25.6 Å². The Labute approximate surface area is 170 Å². The molecule has 0 fully saturated rings. The van der Waals surface area contributed by atoms with Gasteiger partial charge in [0, 0.05) is 31.9 Å². The monoisotopic (exact) mass is 395 g/mol. The van der Waals surface area contributed by atoms with E-state index in [9.17, 15) is 0 Å². The van der Waals surface area contributed by atoms with Crippen LogP contribution in [-0.2, 0) is 13.1 Å². The number of nitrogens with zero attached hydrogens (tertiary/aromatic N) is 3. The highest BCUT2D eigenvalue weighted by atomic mass is 16.5. The summed E-state index contributed by atoms with van der Waals surface area (Å²) in [6, 6.07) is 11.2. The van der Waals surface area contributed by atoms with E-state index in [1.165, 1.54) is 0 Å². The van der Waals surface area contributed by atoms with Crippen LogP contribution >= 0.6 is 0 Å². The minimum Gasteiger partial charge on any atom is -0.497 e. The fourth-order valence-electron chi connectivity index (χ4n) is 2.54. The van der Waals surface area contributed by atoms with Gasteiger partial charge < -0.3 is 24.5 Å². The highest BCUT2D eigenvalue weighted by molar-refractivity contribution is 5.79. The molecule has 0 aliphatic rings. The summed E-state index contributed by atoms with van der Waals surface area (Å²) in [5.41, 5.74) is 1.89. The van der Waals surface area contributed by atoms with Crippen LogP contribution in [0.3, 0.4) is 0 Å². The predicted molar refractivity (Wildman–Crippen MR) is 110 cm³/mol. The normalized spacial score (nSPS) is 11.2. The molecule has 152 valence electrons. The zero-order valence-electron chi connectivity index (χ0n) is 17.0. The number of hydrogen-bond acceptors (Lipinski definition) is 6. The van der Waals surface area contributed by atoms with Crippen LogP contribution in [-0.4, -0.2) is 30.1 Å². The van der Waals surface area contributed by atoms with E-state index >= 15 is 0 Å². The lowest BCUT2D eigenvalue weighted by Crippen LogP contribution is -2.36. The van der Waals surface area contributed by atoms with Crippen LogP contribution in [0.5, 0.6) is 17.4 Å². The maximum Gasteiger partial charge on any atom is 0.219 e. The standard InChI is InChI=1S/C21H25N5O3/c1-14-15(2)28-20(26-14)13-25-21(22-3)24-12-16-8-9-19(23-11-16)29-18-7-5-6-17(10-18)27-4/h5-11H,12-13H2,1-4H3,(H2,22,24,25). The summed E-state index contributed by atoms with van der Waals surface area (Å²) in [5.74, 6) is 4.02. The van der Waals surface area contributed by atoms with Gasteiger partial charge in [0.05, 0.1) is 19.3 Å². The molecule has 0 bridgehead atoms. The molecule has 3 rings (SSSR count). The number of methoxy groups -OCH3 is 1. The third-order valence-electron chi connectivity index (χ3n) is 4.22. The number of hydrogen-bond donors (Lipinski definition) is 2. The first-order valence-corrected chi connectivity index (χ1v) is 9.21. The number of rotatable bonds is 7. The van der Waals surface area contributed by atoms with Crippen LogP contribution in [0, 0.1) is 13.8 Å². The molecule has 1 aromatic carbocycles. The lowest BCUT2D eigenvalue weighted by atomic mass is 10.3. The third kappa shape index (κ3) is 5.71. The number of ether oxygens (including phenoxy) is 2. The number of oxazole rings is 1. The van der Waals surface area contributed by atoms with Gasteiger partial charge in [0.25, 0.3) is 0 Å². The maximum absolute atomic E-state index is 5.76. The molecule has 0 radical (unpaired) electrons. The molecule has 8 heteroatoms. The summed E-state index contributed by atoms with van der Waals surface area (Å²) in [6.45, 7) is 4.84. The molecule has 8 nitrogen and oxygen atoms in total. The van der Waals surface area contributed by atoms with Crippen molar-refractivity contribution in [2.45, 2.75) is 26.9 Å². The Morgan fingerprint density at radius 2 is 1.90 bits per heavy atom. The average molecular weight is 395 g/mol. The molecular weight excluding hydrogens is 370 g/mol. The molecule has 0 amide bonds. The van der Waals surface area contributed by atoms with Crippen molar-refractivity contribution >= 4 is 5.96 Å². The Hall–Kier alpha value is -3.55. The number of aryl methyl sites for hydroxylation is 2. The molecule has 0 aliphatic heterocycles. The van der Waals surface area contributed by atoms with E-state index in [-0.39, 0.29) is 0 Å². The predicted octanol–water partition coefficient (Wildman–Crippen LogP) is 3.35. The molecule has 2 aromatic heterocycles. The smallest absolute Gasteiger partial charge is 0.219 e. The van der Waals surface area contributed by atoms with Crippen LogP contribution in [0.2, 0.25) is 0 Å². The molecular formula is C21H25N5O3. The van der Waals surface area contributed by atoms with Gasteiger partial charge >= 0.3 is 0 Å². The zero-order chi connectivity index (χ0) is 20.6. The topological polar surface area (TPSA) is 93.8 Å². The summed E-state index contributed by atoms with van der Waals surface area (Å²) in [6.07, 6.45) is 1.76. The van der Waals surface area contributed by atoms with E-state index in [0.29, 0.717) is 36.6 Å². The van der Waals surface area contributed by atoms with E-state index < -0.39 is 0 Å². The minimum atomic E-state index is 0.458. The fourth-order valence-corrected chi connectivity index (χ4v) is 2.54. The molecule has 0 unspecified atom stereocenters. The Morgan fingerprint density at radius 3 is 2.55 bits per heavy atom. The number of nitrogens with one attached hydrogen (secondary N) is 2. The minimum absolute atomic E-state index is 0.458. The summed E-state index contributed by atoms with van der Waals surface area (Å²) >= 11 is 0. The maximum atomic E-state index is 5.76. The van der Waals surface area contributed by atoms with E-state index in [1.807, 2.05) is 50.2 Å². The third-order valence-corrected chi connectivity index (χ3v) is 4.22. The van der Waals surface area contributed by atoms with Crippen LogP contribution in [0.15, 0.2) is 52.0 Å². The number of aromatic nitrogens is 2. The summed E-state index contributed by atoms with van der Waals surface area (Å²) < 4.78 is 16.5. The Kier molecular flexibility index (Phi) is 6.67. The number of aliphatic imine (C=N–C) groups is 1. The molecule has 0 saturated heterocycles. The molecule has 0 aliphatic carbocycles. The van der Waals surface area contributed by atoms with Gasteiger partial charge in [-0.15, -0.1) is 0 Å². The second-order valence-electron chi connectivity index (χ2n) is 6.31. The quantitative estimate of drug-likeness (QED) is 0.468. The molecule has 3 aromatic rings. The second kappa shape index (κ2) is 9.59. The number of guanidine groups is 1. The second-order valence-corrected chi connectivity index (χ2v) is 6.31. The molecule has 2 heterocycles. The van der Waals surface area contributed by atoms with E-state index in [4.69, 9.17) is 13.9 Å². The van der Waals surface area contributed by atoms with Crippen LogP contribution in [0.4, 0.5) is 0 Å². The average Bonchev–Trinajstić information content (AvgIpc) is 3.07. The van der Waals surface area contributed by atoms with Crippen LogP contribution in [0.25, 0.3) is 0 Å². The Bertz CT molecular complexity index is 947. The van der Waals surface area contributed by atoms with Gasteiger partial charge in [0.1, 0.15) is 17.3 Å². The number of benzene rings is 1. The van der Waals surface area contributed by atoms with Crippen molar-refractivity contribution in [2.75, 3.05) is 14.2 Å².